The molecule has 2 atom stereocenters. The lowest BCUT2D eigenvalue weighted by Gasteiger charge is -2.27. The Morgan fingerprint density at radius 1 is 1.71 bits per heavy atom. The number of ether oxygens (including phenoxy) is 1. The molecule has 0 aliphatic carbocycles. The summed E-state index contributed by atoms with van der Waals surface area (Å²) in [6.45, 7) is 5.94. The van der Waals surface area contributed by atoms with E-state index in [1.54, 1.807) is 6.92 Å². The van der Waals surface area contributed by atoms with Crippen molar-refractivity contribution in [3.63, 3.8) is 0 Å². The number of hydrogen-bond donors (Lipinski definition) is 1. The molecule has 1 aliphatic rings. The van der Waals surface area contributed by atoms with Crippen LogP contribution < -0.4 is 0 Å². The van der Waals surface area contributed by atoms with Crippen molar-refractivity contribution in [3.8, 4) is 0 Å². The van der Waals surface area contributed by atoms with Gasteiger partial charge in [-0.25, -0.2) is 0 Å². The van der Waals surface area contributed by atoms with Crippen LogP contribution in [0, 0.1) is 0 Å². The van der Waals surface area contributed by atoms with Crippen LogP contribution >= 0.6 is 0 Å². The Labute approximate surface area is 84.8 Å². The molecule has 1 aliphatic heterocycles. The highest BCUT2D eigenvalue weighted by molar-refractivity contribution is 5.73. The summed E-state index contributed by atoms with van der Waals surface area (Å²) in [6, 6.07) is -0.0935. The molecule has 0 aromatic rings. The van der Waals surface area contributed by atoms with E-state index in [2.05, 4.69) is 0 Å². The first-order valence-electron chi connectivity index (χ1n) is 5.23. The minimum atomic E-state index is -0.742. The number of carboxylic acids is 1. The molecule has 1 rings (SSSR count). The summed E-state index contributed by atoms with van der Waals surface area (Å²) < 4.78 is 5.34. The zero-order valence-electron chi connectivity index (χ0n) is 8.90. The second kappa shape index (κ2) is 5.32. The SMILES string of the molecule is CCOCC1CCCN1C(C)C(=O)O. The van der Waals surface area contributed by atoms with Crippen molar-refractivity contribution >= 4 is 5.97 Å². The minimum Gasteiger partial charge on any atom is -0.480 e. The number of likely N-dealkylation sites (tertiary alicyclic amines) is 1. The van der Waals surface area contributed by atoms with Crippen molar-refractivity contribution < 1.29 is 14.6 Å². The molecule has 4 heteroatoms. The largest absolute Gasteiger partial charge is 0.480 e. The Bertz CT molecular complexity index is 196. The van der Waals surface area contributed by atoms with Gasteiger partial charge in [-0.1, -0.05) is 0 Å². The minimum absolute atomic E-state index is 0.293. The number of carboxylic acid groups (broad SMARTS) is 1. The third kappa shape index (κ3) is 2.69. The predicted octanol–water partition coefficient (Wildman–Crippen LogP) is 0.960. The molecule has 1 heterocycles. The maximum absolute atomic E-state index is 10.8. The fourth-order valence-electron chi connectivity index (χ4n) is 1.94. The number of carbonyl (C=O) groups is 1. The summed E-state index contributed by atoms with van der Waals surface area (Å²) in [5.41, 5.74) is 0. The predicted molar refractivity (Wildman–Crippen MR) is 53.3 cm³/mol. The van der Waals surface area contributed by atoms with Crippen LogP contribution in [0.2, 0.25) is 0 Å². The average Bonchev–Trinajstić information content (AvgIpc) is 2.61. The van der Waals surface area contributed by atoms with Gasteiger partial charge in [0.25, 0.3) is 0 Å². The molecule has 14 heavy (non-hydrogen) atoms. The zero-order chi connectivity index (χ0) is 10.6. The number of rotatable bonds is 5. The fraction of sp³-hybridized carbons (Fsp3) is 0.900. The molecule has 0 spiro atoms. The molecule has 2 unspecified atom stereocenters. The van der Waals surface area contributed by atoms with Crippen LogP contribution in [0.4, 0.5) is 0 Å². The molecule has 1 saturated heterocycles. The van der Waals surface area contributed by atoms with Gasteiger partial charge >= 0.3 is 5.97 Å². The molecule has 1 N–H and O–H groups in total. The van der Waals surface area contributed by atoms with Crippen molar-refractivity contribution in [2.24, 2.45) is 0 Å². The second-order valence-electron chi connectivity index (χ2n) is 3.71. The van der Waals surface area contributed by atoms with Crippen LogP contribution in [0.5, 0.6) is 0 Å². The van der Waals surface area contributed by atoms with Crippen LogP contribution in [0.25, 0.3) is 0 Å². The van der Waals surface area contributed by atoms with E-state index in [0.717, 1.165) is 19.4 Å². The molecule has 0 amide bonds. The molecule has 0 bridgehead atoms. The topological polar surface area (TPSA) is 49.8 Å². The summed E-state index contributed by atoms with van der Waals surface area (Å²) in [7, 11) is 0. The Morgan fingerprint density at radius 2 is 2.43 bits per heavy atom. The summed E-state index contributed by atoms with van der Waals surface area (Å²) >= 11 is 0. The number of nitrogens with zero attached hydrogens (tertiary/aromatic N) is 1. The number of hydrogen-bond acceptors (Lipinski definition) is 3. The lowest BCUT2D eigenvalue weighted by Crippen LogP contribution is -2.44. The van der Waals surface area contributed by atoms with Gasteiger partial charge in [0.2, 0.25) is 0 Å². The molecule has 0 saturated carbocycles. The molecule has 82 valence electrons. The van der Waals surface area contributed by atoms with Crippen molar-refractivity contribution in [3.05, 3.63) is 0 Å². The van der Waals surface area contributed by atoms with Crippen molar-refractivity contribution in [2.75, 3.05) is 19.8 Å². The van der Waals surface area contributed by atoms with E-state index in [1.807, 2.05) is 11.8 Å². The third-order valence-corrected chi connectivity index (χ3v) is 2.79. The van der Waals surface area contributed by atoms with Gasteiger partial charge in [-0.15, -0.1) is 0 Å². The quantitative estimate of drug-likeness (QED) is 0.719. The first kappa shape index (κ1) is 11.5. The highest BCUT2D eigenvalue weighted by Crippen LogP contribution is 2.20. The lowest BCUT2D eigenvalue weighted by molar-refractivity contribution is -0.143. The van der Waals surface area contributed by atoms with Gasteiger partial charge in [0, 0.05) is 12.6 Å². The van der Waals surface area contributed by atoms with E-state index in [1.165, 1.54) is 0 Å². The van der Waals surface area contributed by atoms with Crippen molar-refractivity contribution in [2.45, 2.75) is 38.8 Å². The van der Waals surface area contributed by atoms with Gasteiger partial charge in [0.1, 0.15) is 6.04 Å². The van der Waals surface area contributed by atoms with Gasteiger partial charge in [0.05, 0.1) is 6.61 Å². The fourth-order valence-corrected chi connectivity index (χ4v) is 1.94. The van der Waals surface area contributed by atoms with Gasteiger partial charge in [-0.05, 0) is 33.2 Å². The van der Waals surface area contributed by atoms with Gasteiger partial charge in [0.15, 0.2) is 0 Å². The lowest BCUT2D eigenvalue weighted by atomic mass is 10.2. The summed E-state index contributed by atoms with van der Waals surface area (Å²) in [5.74, 6) is -0.742. The molecule has 0 aromatic heterocycles. The van der Waals surface area contributed by atoms with E-state index >= 15 is 0 Å². The van der Waals surface area contributed by atoms with Gasteiger partial charge in [-0.3, -0.25) is 9.69 Å². The van der Waals surface area contributed by atoms with E-state index in [-0.39, 0.29) is 6.04 Å². The van der Waals surface area contributed by atoms with Gasteiger partial charge in [-0.2, -0.15) is 0 Å². The van der Waals surface area contributed by atoms with Crippen molar-refractivity contribution in [1.29, 1.82) is 0 Å². The summed E-state index contributed by atoms with van der Waals surface area (Å²) in [5, 5.41) is 8.90. The smallest absolute Gasteiger partial charge is 0.320 e. The molecular formula is C10H19NO3. The Hall–Kier alpha value is -0.610. The molecular weight excluding hydrogens is 182 g/mol. The van der Waals surface area contributed by atoms with Crippen LogP contribution in [-0.2, 0) is 9.53 Å². The van der Waals surface area contributed by atoms with Crippen molar-refractivity contribution in [1.82, 2.24) is 4.90 Å². The first-order chi connectivity index (χ1) is 6.66. The Kier molecular flexibility index (Phi) is 4.35. The van der Waals surface area contributed by atoms with Crippen LogP contribution in [0.15, 0.2) is 0 Å². The van der Waals surface area contributed by atoms with E-state index in [0.29, 0.717) is 19.3 Å². The molecule has 0 radical (unpaired) electrons. The third-order valence-electron chi connectivity index (χ3n) is 2.79. The normalized spacial score (nSPS) is 25.1. The van der Waals surface area contributed by atoms with Crippen LogP contribution in [0.3, 0.4) is 0 Å². The first-order valence-corrected chi connectivity index (χ1v) is 5.23. The molecule has 0 aromatic carbocycles. The highest BCUT2D eigenvalue weighted by atomic mass is 16.5. The summed E-state index contributed by atoms with van der Waals surface area (Å²) in [4.78, 5) is 12.8. The van der Waals surface area contributed by atoms with E-state index in [9.17, 15) is 4.79 Å². The Morgan fingerprint density at radius 3 is 3.00 bits per heavy atom. The standard InChI is InChI=1S/C10H19NO3/c1-3-14-7-9-5-4-6-11(9)8(2)10(12)13/h8-9H,3-7H2,1-2H3,(H,12,13). The zero-order valence-corrected chi connectivity index (χ0v) is 8.90. The summed E-state index contributed by atoms with van der Waals surface area (Å²) in [6.07, 6.45) is 2.13. The van der Waals surface area contributed by atoms with Crippen LogP contribution in [-0.4, -0.2) is 47.8 Å². The van der Waals surface area contributed by atoms with Crippen LogP contribution in [0.1, 0.15) is 26.7 Å². The maximum atomic E-state index is 10.8. The maximum Gasteiger partial charge on any atom is 0.320 e. The monoisotopic (exact) mass is 201 g/mol. The Balaban J connectivity index is 2.46. The number of aliphatic carboxylic acids is 1. The molecule has 4 nitrogen and oxygen atoms in total. The molecule has 1 fully saturated rings. The average molecular weight is 201 g/mol. The highest BCUT2D eigenvalue weighted by Gasteiger charge is 2.31. The van der Waals surface area contributed by atoms with E-state index < -0.39 is 5.97 Å². The van der Waals surface area contributed by atoms with Gasteiger partial charge < -0.3 is 9.84 Å². The van der Waals surface area contributed by atoms with E-state index in [4.69, 9.17) is 9.84 Å². The second-order valence-corrected chi connectivity index (χ2v) is 3.71.